The average Bonchev–Trinajstić information content (AvgIpc) is 3.03. The standard InChI is InChI=1S/C44H65N3O2/c1-13-15-16-32(14-2)29-47(35-21-17-33(18-22-35)39(48)37-30-45(41(3,4)5)27-25-43(37,9)10)36-23-19-34(20-24-36)40(49)38-31-46(42(6,7)8)28-26-44(38,11)12/h17-24,30-32H,13-16,25-29H2,1-12H3. The van der Waals surface area contributed by atoms with Gasteiger partial charge in [0.1, 0.15) is 0 Å². The average molecular weight is 668 g/mol. The van der Waals surface area contributed by atoms with E-state index in [0.29, 0.717) is 5.92 Å². The van der Waals surface area contributed by atoms with Crippen molar-refractivity contribution >= 4 is 22.9 Å². The zero-order chi connectivity index (χ0) is 36.4. The molecule has 4 rings (SSSR count). The number of hydrogen-bond donors (Lipinski definition) is 0. The molecule has 0 aliphatic carbocycles. The molecule has 0 bridgehead atoms. The molecule has 2 aromatic carbocycles. The van der Waals surface area contributed by atoms with Crippen LogP contribution in [0.1, 0.15) is 142 Å². The normalized spacial score (nSPS) is 18.4. The van der Waals surface area contributed by atoms with Crippen LogP contribution >= 0.6 is 0 Å². The Morgan fingerprint density at radius 1 is 0.694 bits per heavy atom. The molecule has 1 unspecified atom stereocenters. The third-order valence-electron chi connectivity index (χ3n) is 11.1. The maximum Gasteiger partial charge on any atom is 0.191 e. The first kappa shape index (κ1) is 38.5. The van der Waals surface area contributed by atoms with Crippen molar-refractivity contribution in [3.8, 4) is 0 Å². The number of carbonyl (C=O) groups is 2. The van der Waals surface area contributed by atoms with E-state index in [1.165, 1.54) is 19.3 Å². The molecule has 0 N–H and O–H groups in total. The molecule has 0 saturated carbocycles. The molecule has 2 aliphatic heterocycles. The van der Waals surface area contributed by atoms with Crippen LogP contribution in [0.3, 0.4) is 0 Å². The Morgan fingerprint density at radius 2 is 1.08 bits per heavy atom. The van der Waals surface area contributed by atoms with Gasteiger partial charge in [-0.3, -0.25) is 9.59 Å². The van der Waals surface area contributed by atoms with Crippen molar-refractivity contribution in [1.82, 2.24) is 9.80 Å². The summed E-state index contributed by atoms with van der Waals surface area (Å²) in [6, 6.07) is 16.4. The lowest BCUT2D eigenvalue weighted by atomic mass is 9.75. The lowest BCUT2D eigenvalue weighted by Gasteiger charge is -2.43. The van der Waals surface area contributed by atoms with Crippen LogP contribution in [0.15, 0.2) is 72.1 Å². The molecule has 0 spiro atoms. The highest BCUT2D eigenvalue weighted by atomic mass is 16.1. The maximum atomic E-state index is 14.0. The molecule has 0 aromatic heterocycles. The lowest BCUT2D eigenvalue weighted by molar-refractivity contribution is 0.0954. The van der Waals surface area contributed by atoms with Crippen LogP contribution in [0, 0.1) is 16.7 Å². The van der Waals surface area contributed by atoms with E-state index in [9.17, 15) is 9.59 Å². The quantitative estimate of drug-likeness (QED) is 0.211. The van der Waals surface area contributed by atoms with Gasteiger partial charge in [0.05, 0.1) is 0 Å². The van der Waals surface area contributed by atoms with Crippen molar-refractivity contribution in [2.75, 3.05) is 24.5 Å². The summed E-state index contributed by atoms with van der Waals surface area (Å²) in [5.41, 5.74) is 4.93. The number of benzene rings is 2. The lowest BCUT2D eigenvalue weighted by Crippen LogP contribution is -2.44. The highest BCUT2D eigenvalue weighted by Crippen LogP contribution is 2.40. The number of Topliss-reactive ketones (excluding diaryl/α,β-unsaturated/α-hetero) is 2. The molecule has 2 heterocycles. The van der Waals surface area contributed by atoms with Crippen LogP contribution in [-0.4, -0.2) is 52.1 Å². The van der Waals surface area contributed by atoms with E-state index in [0.717, 1.165) is 72.5 Å². The van der Waals surface area contributed by atoms with Gasteiger partial charge < -0.3 is 14.7 Å². The minimum atomic E-state index is -0.176. The molecule has 268 valence electrons. The summed E-state index contributed by atoms with van der Waals surface area (Å²) in [7, 11) is 0. The Balaban J connectivity index is 1.66. The summed E-state index contributed by atoms with van der Waals surface area (Å²) in [6.07, 6.45) is 10.8. The van der Waals surface area contributed by atoms with Crippen LogP contribution in [-0.2, 0) is 0 Å². The molecular formula is C44H65N3O2. The van der Waals surface area contributed by atoms with Gasteiger partial charge in [-0.25, -0.2) is 0 Å². The van der Waals surface area contributed by atoms with Crippen LogP contribution in [0.4, 0.5) is 11.4 Å². The Labute approximate surface area is 298 Å². The zero-order valence-corrected chi connectivity index (χ0v) is 32.9. The van der Waals surface area contributed by atoms with E-state index in [-0.39, 0.29) is 33.5 Å². The second-order valence-electron chi connectivity index (χ2n) is 17.9. The van der Waals surface area contributed by atoms with Crippen molar-refractivity contribution in [2.24, 2.45) is 16.7 Å². The van der Waals surface area contributed by atoms with Gasteiger partial charge >= 0.3 is 0 Å². The summed E-state index contributed by atoms with van der Waals surface area (Å²) in [5.74, 6) is 0.759. The van der Waals surface area contributed by atoms with Crippen molar-refractivity contribution in [2.45, 2.75) is 133 Å². The Kier molecular flexibility index (Phi) is 11.7. The predicted octanol–water partition coefficient (Wildman–Crippen LogP) is 11.2. The van der Waals surface area contributed by atoms with Crippen molar-refractivity contribution < 1.29 is 9.59 Å². The fourth-order valence-electron chi connectivity index (χ4n) is 7.08. The van der Waals surface area contributed by atoms with E-state index in [1.807, 2.05) is 24.3 Å². The largest absolute Gasteiger partial charge is 0.372 e. The second-order valence-corrected chi connectivity index (χ2v) is 17.9. The van der Waals surface area contributed by atoms with Gasteiger partial charge in [-0.1, -0.05) is 60.8 Å². The van der Waals surface area contributed by atoms with Crippen molar-refractivity contribution in [1.29, 1.82) is 0 Å². The SMILES string of the molecule is CCCCC(CC)CN(c1ccc(C(=O)C2=CN(C(C)(C)C)CCC2(C)C)cc1)c1ccc(C(=O)C2=CN(C(C)(C)C)CCC2(C)C)cc1. The van der Waals surface area contributed by atoms with Crippen LogP contribution in [0.5, 0.6) is 0 Å². The first-order valence-corrected chi connectivity index (χ1v) is 18.8. The van der Waals surface area contributed by atoms with E-state index >= 15 is 0 Å². The number of allylic oxidation sites excluding steroid dienone is 2. The zero-order valence-electron chi connectivity index (χ0n) is 32.9. The molecular weight excluding hydrogens is 603 g/mol. The van der Waals surface area contributed by atoms with E-state index in [2.05, 4.69) is 134 Å². The number of anilines is 2. The van der Waals surface area contributed by atoms with E-state index in [1.54, 1.807) is 0 Å². The van der Waals surface area contributed by atoms with Gasteiger partial charge in [-0.2, -0.15) is 0 Å². The number of carbonyl (C=O) groups excluding carboxylic acids is 2. The van der Waals surface area contributed by atoms with Gasteiger partial charge in [0, 0.05) is 76.8 Å². The highest BCUT2D eigenvalue weighted by Gasteiger charge is 2.37. The minimum Gasteiger partial charge on any atom is -0.372 e. The highest BCUT2D eigenvalue weighted by molar-refractivity contribution is 6.10. The summed E-state index contributed by atoms with van der Waals surface area (Å²) < 4.78 is 0. The van der Waals surface area contributed by atoms with E-state index in [4.69, 9.17) is 0 Å². The second kappa shape index (κ2) is 14.9. The molecule has 49 heavy (non-hydrogen) atoms. The molecule has 5 heteroatoms. The molecule has 1 atom stereocenters. The summed E-state index contributed by atoms with van der Waals surface area (Å²) >= 11 is 0. The maximum absolute atomic E-state index is 14.0. The number of ketones is 2. The van der Waals surface area contributed by atoms with Gasteiger partial charge in [0.2, 0.25) is 0 Å². The fraction of sp³-hybridized carbons (Fsp3) is 0.591. The molecule has 5 nitrogen and oxygen atoms in total. The third-order valence-corrected chi connectivity index (χ3v) is 11.1. The Bertz CT molecular complexity index is 1410. The first-order chi connectivity index (χ1) is 22.8. The molecule has 0 saturated heterocycles. The first-order valence-electron chi connectivity index (χ1n) is 18.8. The number of nitrogens with zero attached hydrogens (tertiary/aromatic N) is 3. The van der Waals surface area contributed by atoms with Crippen LogP contribution in [0.2, 0.25) is 0 Å². The smallest absolute Gasteiger partial charge is 0.191 e. The molecule has 0 radical (unpaired) electrons. The monoisotopic (exact) mass is 668 g/mol. The summed E-state index contributed by atoms with van der Waals surface area (Å²) in [4.78, 5) is 35.0. The van der Waals surface area contributed by atoms with Gasteiger partial charge in [-0.15, -0.1) is 0 Å². The summed E-state index contributed by atoms with van der Waals surface area (Å²) in [6.45, 7) is 29.3. The summed E-state index contributed by atoms with van der Waals surface area (Å²) in [5, 5.41) is 0. The van der Waals surface area contributed by atoms with Crippen LogP contribution in [0.25, 0.3) is 0 Å². The Morgan fingerprint density at radius 3 is 1.41 bits per heavy atom. The molecule has 2 aliphatic rings. The number of rotatable bonds is 12. The minimum absolute atomic E-state index is 0.0313. The predicted molar refractivity (Wildman–Crippen MR) is 208 cm³/mol. The molecule has 0 amide bonds. The van der Waals surface area contributed by atoms with Crippen molar-refractivity contribution in [3.63, 3.8) is 0 Å². The van der Waals surface area contributed by atoms with Gasteiger partial charge in [-0.05, 0) is 126 Å². The number of unbranched alkanes of at least 4 members (excludes halogenated alkanes) is 1. The van der Waals surface area contributed by atoms with E-state index < -0.39 is 0 Å². The third kappa shape index (κ3) is 9.07. The Hall–Kier alpha value is -3.34. The van der Waals surface area contributed by atoms with Gasteiger partial charge in [0.25, 0.3) is 0 Å². The van der Waals surface area contributed by atoms with Gasteiger partial charge in [0.15, 0.2) is 11.6 Å². The van der Waals surface area contributed by atoms with Crippen LogP contribution < -0.4 is 4.90 Å². The molecule has 2 aromatic rings. The topological polar surface area (TPSA) is 43.9 Å². The van der Waals surface area contributed by atoms with Crippen molar-refractivity contribution in [3.05, 3.63) is 83.2 Å². The molecule has 0 fully saturated rings. The number of hydrogen-bond acceptors (Lipinski definition) is 5. The fourth-order valence-corrected chi connectivity index (χ4v) is 7.08.